The van der Waals surface area contributed by atoms with Crippen LogP contribution in [0.25, 0.3) is 0 Å². The molecule has 2 nitrogen and oxygen atoms in total. The van der Waals surface area contributed by atoms with Gasteiger partial charge in [-0.25, -0.2) is 0 Å². The first-order valence-corrected chi connectivity index (χ1v) is 7.13. The minimum atomic E-state index is 0.674. The molecular weight excluding hydrogens is 228 g/mol. The fraction of sp³-hybridized carbons (Fsp3) is 0.500. The molecule has 1 unspecified atom stereocenters. The molecule has 0 radical (unpaired) electrons. The number of anilines is 1. The summed E-state index contributed by atoms with van der Waals surface area (Å²) >= 11 is 1.88. The summed E-state index contributed by atoms with van der Waals surface area (Å²) in [5.74, 6) is 0. The lowest BCUT2D eigenvalue weighted by Gasteiger charge is -2.11. The molecule has 0 saturated carbocycles. The Kier molecular flexibility index (Phi) is 4.11. The molecule has 1 aliphatic rings. The maximum atomic E-state index is 4.57. The van der Waals surface area contributed by atoms with E-state index in [1.165, 1.54) is 29.7 Å². The van der Waals surface area contributed by atoms with Gasteiger partial charge in [-0.05, 0) is 37.5 Å². The first-order chi connectivity index (χ1) is 8.20. The number of thioether (sulfide) groups is 1. The molecule has 2 rings (SSSR count). The SMILES string of the molecule is CCCC1CN=C(Nc2cccc(C)c2C)S1. The highest BCUT2D eigenvalue weighted by molar-refractivity contribution is 8.15. The van der Waals surface area contributed by atoms with Gasteiger partial charge in [0.2, 0.25) is 0 Å². The molecular formula is C14H20N2S. The quantitative estimate of drug-likeness (QED) is 0.874. The summed E-state index contributed by atoms with van der Waals surface area (Å²) in [5.41, 5.74) is 3.83. The molecule has 1 aliphatic heterocycles. The zero-order valence-electron chi connectivity index (χ0n) is 10.8. The van der Waals surface area contributed by atoms with Gasteiger partial charge in [-0.1, -0.05) is 37.2 Å². The highest BCUT2D eigenvalue weighted by Crippen LogP contribution is 2.27. The van der Waals surface area contributed by atoms with E-state index in [0.29, 0.717) is 5.25 Å². The zero-order valence-corrected chi connectivity index (χ0v) is 11.6. The van der Waals surface area contributed by atoms with E-state index in [0.717, 1.165) is 11.7 Å². The Balaban J connectivity index is 2.01. The molecule has 1 aromatic carbocycles. The second-order valence-electron chi connectivity index (χ2n) is 4.55. The molecule has 1 N–H and O–H groups in total. The Morgan fingerprint density at radius 2 is 2.24 bits per heavy atom. The van der Waals surface area contributed by atoms with Crippen LogP contribution in [0.15, 0.2) is 23.2 Å². The molecule has 1 aromatic rings. The standard InChI is InChI=1S/C14H20N2S/c1-4-6-12-9-15-14(17-12)16-13-8-5-7-10(2)11(13)3/h5,7-8,12H,4,6,9H2,1-3H3,(H,15,16). The number of amidine groups is 1. The first kappa shape index (κ1) is 12.5. The van der Waals surface area contributed by atoms with Gasteiger partial charge in [0.1, 0.15) is 0 Å². The molecule has 0 aliphatic carbocycles. The lowest BCUT2D eigenvalue weighted by molar-refractivity contribution is 0.754. The molecule has 0 spiro atoms. The van der Waals surface area contributed by atoms with E-state index in [9.17, 15) is 0 Å². The largest absolute Gasteiger partial charge is 0.335 e. The van der Waals surface area contributed by atoms with Gasteiger partial charge in [-0.3, -0.25) is 4.99 Å². The molecule has 0 bridgehead atoms. The minimum absolute atomic E-state index is 0.674. The highest BCUT2D eigenvalue weighted by Gasteiger charge is 2.19. The number of benzene rings is 1. The van der Waals surface area contributed by atoms with Gasteiger partial charge < -0.3 is 5.32 Å². The van der Waals surface area contributed by atoms with Crippen LogP contribution in [0.5, 0.6) is 0 Å². The Morgan fingerprint density at radius 1 is 1.41 bits per heavy atom. The van der Waals surface area contributed by atoms with Crippen molar-refractivity contribution in [2.45, 2.75) is 38.9 Å². The molecule has 17 heavy (non-hydrogen) atoms. The summed E-state index contributed by atoms with van der Waals surface area (Å²) in [6, 6.07) is 6.36. The molecule has 0 fully saturated rings. The van der Waals surface area contributed by atoms with Crippen LogP contribution in [-0.4, -0.2) is 17.0 Å². The Morgan fingerprint density at radius 3 is 3.00 bits per heavy atom. The number of aryl methyl sites for hydroxylation is 1. The summed E-state index contributed by atoms with van der Waals surface area (Å²) in [5, 5.41) is 5.21. The normalized spacial score (nSPS) is 19.2. The van der Waals surface area contributed by atoms with Gasteiger partial charge in [0.25, 0.3) is 0 Å². The van der Waals surface area contributed by atoms with Crippen LogP contribution in [0.2, 0.25) is 0 Å². The smallest absolute Gasteiger partial charge is 0.161 e. The molecule has 1 atom stereocenters. The van der Waals surface area contributed by atoms with Crippen molar-refractivity contribution < 1.29 is 0 Å². The Bertz CT molecular complexity index is 426. The van der Waals surface area contributed by atoms with E-state index in [1.807, 2.05) is 11.8 Å². The van der Waals surface area contributed by atoms with Crippen molar-refractivity contribution in [2.24, 2.45) is 4.99 Å². The van der Waals surface area contributed by atoms with Crippen LogP contribution < -0.4 is 5.32 Å². The second-order valence-corrected chi connectivity index (χ2v) is 5.84. The van der Waals surface area contributed by atoms with Crippen molar-refractivity contribution in [3.05, 3.63) is 29.3 Å². The summed E-state index contributed by atoms with van der Waals surface area (Å²) in [4.78, 5) is 4.57. The Labute approximate surface area is 108 Å². The molecule has 92 valence electrons. The summed E-state index contributed by atoms with van der Waals surface area (Å²) in [6.07, 6.45) is 2.50. The van der Waals surface area contributed by atoms with E-state index in [-0.39, 0.29) is 0 Å². The summed E-state index contributed by atoms with van der Waals surface area (Å²) in [6.45, 7) is 7.49. The summed E-state index contributed by atoms with van der Waals surface area (Å²) < 4.78 is 0. The predicted octanol–water partition coefficient (Wildman–Crippen LogP) is 3.99. The van der Waals surface area contributed by atoms with Gasteiger partial charge in [0.05, 0.1) is 6.54 Å². The average molecular weight is 248 g/mol. The van der Waals surface area contributed by atoms with Crippen molar-refractivity contribution in [2.75, 3.05) is 11.9 Å². The van der Waals surface area contributed by atoms with E-state index >= 15 is 0 Å². The third kappa shape index (κ3) is 3.03. The van der Waals surface area contributed by atoms with Crippen molar-refractivity contribution in [3.63, 3.8) is 0 Å². The van der Waals surface area contributed by atoms with Crippen LogP contribution in [-0.2, 0) is 0 Å². The van der Waals surface area contributed by atoms with Crippen molar-refractivity contribution in [1.29, 1.82) is 0 Å². The molecule has 0 aromatic heterocycles. The summed E-state index contributed by atoms with van der Waals surface area (Å²) in [7, 11) is 0. The van der Waals surface area contributed by atoms with Gasteiger partial charge in [-0.15, -0.1) is 0 Å². The van der Waals surface area contributed by atoms with Crippen LogP contribution in [0.3, 0.4) is 0 Å². The zero-order chi connectivity index (χ0) is 12.3. The van der Waals surface area contributed by atoms with E-state index in [2.05, 4.69) is 49.3 Å². The molecule has 1 heterocycles. The van der Waals surface area contributed by atoms with Crippen LogP contribution in [0, 0.1) is 13.8 Å². The van der Waals surface area contributed by atoms with Crippen molar-refractivity contribution >= 4 is 22.6 Å². The van der Waals surface area contributed by atoms with Crippen LogP contribution >= 0.6 is 11.8 Å². The number of hydrogen-bond acceptors (Lipinski definition) is 3. The van der Waals surface area contributed by atoms with Crippen molar-refractivity contribution in [3.8, 4) is 0 Å². The average Bonchev–Trinajstić information content (AvgIpc) is 2.73. The first-order valence-electron chi connectivity index (χ1n) is 6.25. The fourth-order valence-electron chi connectivity index (χ4n) is 1.96. The maximum absolute atomic E-state index is 4.57. The van der Waals surface area contributed by atoms with Crippen LogP contribution in [0.4, 0.5) is 5.69 Å². The van der Waals surface area contributed by atoms with Gasteiger partial charge >= 0.3 is 0 Å². The molecule has 0 amide bonds. The number of aliphatic imine (C=N–C) groups is 1. The van der Waals surface area contributed by atoms with E-state index in [1.54, 1.807) is 0 Å². The third-order valence-electron chi connectivity index (χ3n) is 3.17. The minimum Gasteiger partial charge on any atom is -0.335 e. The van der Waals surface area contributed by atoms with E-state index < -0.39 is 0 Å². The van der Waals surface area contributed by atoms with Gasteiger partial charge in [0, 0.05) is 10.9 Å². The fourth-order valence-corrected chi connectivity index (χ4v) is 3.10. The highest BCUT2D eigenvalue weighted by atomic mass is 32.2. The van der Waals surface area contributed by atoms with Gasteiger partial charge in [-0.2, -0.15) is 0 Å². The third-order valence-corrected chi connectivity index (χ3v) is 4.35. The maximum Gasteiger partial charge on any atom is 0.161 e. The molecule has 0 saturated heterocycles. The predicted molar refractivity (Wildman–Crippen MR) is 78.1 cm³/mol. The topological polar surface area (TPSA) is 24.4 Å². The van der Waals surface area contributed by atoms with E-state index in [4.69, 9.17) is 0 Å². The van der Waals surface area contributed by atoms with Crippen molar-refractivity contribution in [1.82, 2.24) is 0 Å². The Hall–Kier alpha value is -0.960. The van der Waals surface area contributed by atoms with Gasteiger partial charge in [0.15, 0.2) is 5.17 Å². The number of nitrogens with zero attached hydrogens (tertiary/aromatic N) is 1. The number of hydrogen-bond donors (Lipinski definition) is 1. The lowest BCUT2D eigenvalue weighted by atomic mass is 10.1. The van der Waals surface area contributed by atoms with Crippen LogP contribution in [0.1, 0.15) is 30.9 Å². The number of rotatable bonds is 3. The number of nitrogens with one attached hydrogen (secondary N) is 1. The lowest BCUT2D eigenvalue weighted by Crippen LogP contribution is -2.08. The molecule has 3 heteroatoms. The monoisotopic (exact) mass is 248 g/mol. The second kappa shape index (κ2) is 5.58.